The third-order valence-electron chi connectivity index (χ3n) is 3.98. The molecule has 3 nitrogen and oxygen atoms in total. The summed E-state index contributed by atoms with van der Waals surface area (Å²) in [7, 11) is 0. The van der Waals surface area contributed by atoms with E-state index in [1.54, 1.807) is 0 Å². The molecule has 0 aliphatic heterocycles. The second-order valence-electron chi connectivity index (χ2n) is 7.36. The number of hydrogen-bond acceptors (Lipinski definition) is 3. The van der Waals surface area contributed by atoms with Gasteiger partial charge in [0.05, 0.1) is 13.2 Å². The monoisotopic (exact) mass is 335 g/mol. The predicted molar refractivity (Wildman–Crippen MR) is 103 cm³/mol. The van der Waals surface area contributed by atoms with Crippen LogP contribution < -0.4 is 14.8 Å². The highest BCUT2D eigenvalue weighted by molar-refractivity contribution is 5.40. The van der Waals surface area contributed by atoms with Crippen molar-refractivity contribution >= 4 is 0 Å². The van der Waals surface area contributed by atoms with Crippen molar-refractivity contribution in [2.45, 2.75) is 66.8 Å². The Kier molecular flexibility index (Phi) is 10.6. The van der Waals surface area contributed by atoms with Gasteiger partial charge in [-0.1, -0.05) is 47.1 Å². The van der Waals surface area contributed by atoms with Crippen molar-refractivity contribution in [3.8, 4) is 11.5 Å². The molecule has 0 saturated carbocycles. The fourth-order valence-corrected chi connectivity index (χ4v) is 2.25. The standard InChI is InChI=1S/C21H37NO2/c1-6-7-12-22-16-19-8-9-20(23-13-10-17(2)3)15-21(19)24-14-11-18(4)5/h8-9,15,17-18,22H,6-7,10-14,16H2,1-5H3. The van der Waals surface area contributed by atoms with Crippen LogP contribution in [0, 0.1) is 11.8 Å². The Balaban J connectivity index is 2.65. The van der Waals surface area contributed by atoms with E-state index in [-0.39, 0.29) is 0 Å². The molecule has 24 heavy (non-hydrogen) atoms. The molecule has 0 aliphatic carbocycles. The average molecular weight is 336 g/mol. The van der Waals surface area contributed by atoms with Crippen LogP contribution in [0.15, 0.2) is 18.2 Å². The normalized spacial score (nSPS) is 11.3. The molecule has 0 aliphatic rings. The maximum Gasteiger partial charge on any atom is 0.127 e. The molecule has 1 aromatic rings. The highest BCUT2D eigenvalue weighted by Gasteiger charge is 2.07. The average Bonchev–Trinajstić information content (AvgIpc) is 2.52. The van der Waals surface area contributed by atoms with Crippen molar-refractivity contribution in [2.75, 3.05) is 19.8 Å². The number of nitrogens with one attached hydrogen (secondary N) is 1. The lowest BCUT2D eigenvalue weighted by Gasteiger charge is -2.15. The van der Waals surface area contributed by atoms with Gasteiger partial charge in [-0.05, 0) is 43.7 Å². The van der Waals surface area contributed by atoms with Gasteiger partial charge in [-0.25, -0.2) is 0 Å². The van der Waals surface area contributed by atoms with Crippen molar-refractivity contribution in [1.82, 2.24) is 5.32 Å². The number of ether oxygens (including phenoxy) is 2. The third-order valence-corrected chi connectivity index (χ3v) is 3.98. The first-order chi connectivity index (χ1) is 11.5. The van der Waals surface area contributed by atoms with E-state index < -0.39 is 0 Å². The Morgan fingerprint density at radius 2 is 1.62 bits per heavy atom. The van der Waals surface area contributed by atoms with Crippen LogP contribution in [0.5, 0.6) is 11.5 Å². The van der Waals surface area contributed by atoms with Crippen molar-refractivity contribution in [1.29, 1.82) is 0 Å². The number of rotatable bonds is 13. The van der Waals surface area contributed by atoms with Crippen LogP contribution in [0.2, 0.25) is 0 Å². The zero-order valence-electron chi connectivity index (χ0n) is 16.4. The Bertz CT molecular complexity index is 443. The Labute approximate surface area is 149 Å². The summed E-state index contributed by atoms with van der Waals surface area (Å²) in [5, 5.41) is 3.50. The Morgan fingerprint density at radius 1 is 0.958 bits per heavy atom. The Morgan fingerprint density at radius 3 is 2.25 bits per heavy atom. The summed E-state index contributed by atoms with van der Waals surface area (Å²) in [5.74, 6) is 3.18. The molecule has 0 saturated heterocycles. The highest BCUT2D eigenvalue weighted by atomic mass is 16.5. The van der Waals surface area contributed by atoms with Crippen molar-refractivity contribution in [3.63, 3.8) is 0 Å². The first kappa shape index (κ1) is 20.8. The molecule has 0 unspecified atom stereocenters. The van der Waals surface area contributed by atoms with E-state index in [0.29, 0.717) is 11.8 Å². The fourth-order valence-electron chi connectivity index (χ4n) is 2.25. The number of unbranched alkanes of at least 4 members (excludes halogenated alkanes) is 1. The van der Waals surface area contributed by atoms with Crippen LogP contribution >= 0.6 is 0 Å². The van der Waals surface area contributed by atoms with E-state index in [1.165, 1.54) is 18.4 Å². The number of hydrogen-bond donors (Lipinski definition) is 1. The largest absolute Gasteiger partial charge is 0.493 e. The summed E-state index contributed by atoms with van der Waals surface area (Å²) in [6.45, 7) is 14.5. The molecule has 0 amide bonds. The van der Waals surface area contributed by atoms with Crippen LogP contribution in [0.4, 0.5) is 0 Å². The minimum atomic E-state index is 0.654. The van der Waals surface area contributed by atoms with Gasteiger partial charge < -0.3 is 14.8 Å². The summed E-state index contributed by atoms with van der Waals surface area (Å²) in [6, 6.07) is 6.25. The topological polar surface area (TPSA) is 30.5 Å². The first-order valence-corrected chi connectivity index (χ1v) is 9.62. The highest BCUT2D eigenvalue weighted by Crippen LogP contribution is 2.26. The summed E-state index contributed by atoms with van der Waals surface area (Å²) in [6.07, 6.45) is 4.57. The Hall–Kier alpha value is -1.22. The SMILES string of the molecule is CCCCNCc1ccc(OCCC(C)C)cc1OCCC(C)C. The maximum atomic E-state index is 6.05. The molecule has 0 bridgehead atoms. The molecule has 1 N–H and O–H groups in total. The van der Waals surface area contributed by atoms with Gasteiger partial charge in [0.2, 0.25) is 0 Å². The van der Waals surface area contributed by atoms with Gasteiger partial charge in [-0.3, -0.25) is 0 Å². The summed E-state index contributed by atoms with van der Waals surface area (Å²) in [4.78, 5) is 0. The lowest BCUT2D eigenvalue weighted by molar-refractivity contribution is 0.274. The van der Waals surface area contributed by atoms with Crippen LogP contribution in [0.3, 0.4) is 0 Å². The van der Waals surface area contributed by atoms with E-state index >= 15 is 0 Å². The molecule has 1 aromatic carbocycles. The lowest BCUT2D eigenvalue weighted by atomic mass is 10.1. The van der Waals surface area contributed by atoms with Crippen molar-refractivity contribution in [3.05, 3.63) is 23.8 Å². The molecule has 0 spiro atoms. The fraction of sp³-hybridized carbons (Fsp3) is 0.714. The molecule has 3 heteroatoms. The molecule has 0 radical (unpaired) electrons. The van der Waals surface area contributed by atoms with Gasteiger partial charge in [0, 0.05) is 18.2 Å². The van der Waals surface area contributed by atoms with Crippen LogP contribution in [-0.4, -0.2) is 19.8 Å². The molecule has 0 aromatic heterocycles. The predicted octanol–water partition coefficient (Wildman–Crippen LogP) is 5.43. The quantitative estimate of drug-likeness (QED) is 0.488. The van der Waals surface area contributed by atoms with Gasteiger partial charge >= 0.3 is 0 Å². The summed E-state index contributed by atoms with van der Waals surface area (Å²) in [5.41, 5.74) is 1.21. The molecule has 0 fully saturated rings. The molecule has 1 rings (SSSR count). The van der Waals surface area contributed by atoms with Gasteiger partial charge in [0.25, 0.3) is 0 Å². The summed E-state index contributed by atoms with van der Waals surface area (Å²) >= 11 is 0. The van der Waals surface area contributed by atoms with Crippen LogP contribution in [0.1, 0.15) is 65.9 Å². The second kappa shape index (κ2) is 12.2. The molecule has 0 atom stereocenters. The molecule has 138 valence electrons. The van der Waals surface area contributed by atoms with Gasteiger partial charge in [-0.15, -0.1) is 0 Å². The van der Waals surface area contributed by atoms with E-state index in [4.69, 9.17) is 9.47 Å². The van der Waals surface area contributed by atoms with Crippen molar-refractivity contribution in [2.24, 2.45) is 11.8 Å². The smallest absolute Gasteiger partial charge is 0.127 e. The van der Waals surface area contributed by atoms with Crippen molar-refractivity contribution < 1.29 is 9.47 Å². The number of benzene rings is 1. The summed E-state index contributed by atoms with van der Waals surface area (Å²) < 4.78 is 11.9. The van der Waals surface area contributed by atoms with Gasteiger partial charge in [0.1, 0.15) is 11.5 Å². The van der Waals surface area contributed by atoms with Gasteiger partial charge in [-0.2, -0.15) is 0 Å². The molecule has 0 heterocycles. The van der Waals surface area contributed by atoms with E-state index in [2.05, 4.69) is 58.1 Å². The maximum absolute atomic E-state index is 6.05. The first-order valence-electron chi connectivity index (χ1n) is 9.62. The molecular formula is C21H37NO2. The second-order valence-corrected chi connectivity index (χ2v) is 7.36. The van der Waals surface area contributed by atoms with Gasteiger partial charge in [0.15, 0.2) is 0 Å². The zero-order chi connectivity index (χ0) is 17.8. The van der Waals surface area contributed by atoms with E-state index in [0.717, 1.165) is 50.6 Å². The van der Waals surface area contributed by atoms with Crippen LogP contribution in [-0.2, 0) is 6.54 Å². The van der Waals surface area contributed by atoms with E-state index in [1.807, 2.05) is 0 Å². The molecular weight excluding hydrogens is 298 g/mol. The van der Waals surface area contributed by atoms with E-state index in [9.17, 15) is 0 Å². The lowest BCUT2D eigenvalue weighted by Crippen LogP contribution is -2.15. The zero-order valence-corrected chi connectivity index (χ0v) is 16.4. The van der Waals surface area contributed by atoms with Crippen LogP contribution in [0.25, 0.3) is 0 Å². The minimum absolute atomic E-state index is 0.654. The third kappa shape index (κ3) is 9.17. The minimum Gasteiger partial charge on any atom is -0.493 e.